The highest BCUT2D eigenvalue weighted by molar-refractivity contribution is 8.08. The number of hydrogen-bond acceptors (Lipinski definition) is 12. The van der Waals surface area contributed by atoms with E-state index in [4.69, 9.17) is 18.9 Å². The minimum atomic E-state index is -1.18. The van der Waals surface area contributed by atoms with Crippen LogP contribution in [0.15, 0.2) is 42.9 Å². The molecule has 10 nitrogen and oxygen atoms in total. The van der Waals surface area contributed by atoms with Gasteiger partial charge in [0, 0.05) is 29.6 Å². The van der Waals surface area contributed by atoms with Crippen LogP contribution in [0.25, 0.3) is 0 Å². The summed E-state index contributed by atoms with van der Waals surface area (Å²) >= 11 is 2.24. The van der Waals surface area contributed by atoms with E-state index in [9.17, 15) is 19.2 Å². The number of carbonyl (C=O) groups is 4. The first-order valence-electron chi connectivity index (χ1n) is 11.4. The van der Waals surface area contributed by atoms with Crippen LogP contribution in [0.2, 0.25) is 0 Å². The van der Waals surface area contributed by atoms with Gasteiger partial charge in [0.05, 0.1) is 34.0 Å². The lowest BCUT2D eigenvalue weighted by Gasteiger charge is -2.50. The first kappa shape index (κ1) is 29.0. The van der Waals surface area contributed by atoms with Gasteiger partial charge < -0.3 is 18.9 Å². The van der Waals surface area contributed by atoms with Gasteiger partial charge in [-0.3, -0.25) is 9.80 Å². The molecule has 0 radical (unpaired) electrons. The fourth-order valence-corrected chi connectivity index (χ4v) is 7.78. The maximum atomic E-state index is 13.4. The summed E-state index contributed by atoms with van der Waals surface area (Å²) in [5.41, 5.74) is -0.659. The summed E-state index contributed by atoms with van der Waals surface area (Å²) in [6, 6.07) is 0. The first-order valence-corrected chi connectivity index (χ1v) is 13.1. The van der Waals surface area contributed by atoms with Crippen LogP contribution < -0.4 is 0 Å². The molecule has 2 aliphatic heterocycles. The van der Waals surface area contributed by atoms with Crippen LogP contribution in [0.5, 0.6) is 0 Å². The Kier molecular flexibility index (Phi) is 8.68. The monoisotopic (exact) mass is 552 g/mol. The van der Waals surface area contributed by atoms with E-state index in [0.29, 0.717) is 24.4 Å². The standard InChI is InChI=1S/C25H32N2O8S2/c1-24(2)12-15(36-14(21(29)33-6)11-17(28)32-5)18-16(13-24)37-20(23(31)35-8)19(22(30)34-7)25(18)26(3)9-10-27(25)4/h11-12H,9-10,13H2,1-8H3/b14-11-. The fraction of sp³-hybridized carbons (Fsp3) is 0.520. The van der Waals surface area contributed by atoms with Crippen molar-refractivity contribution in [3.05, 3.63) is 42.9 Å². The average Bonchev–Trinajstić information content (AvgIpc) is 3.14. The van der Waals surface area contributed by atoms with E-state index < -0.39 is 29.5 Å². The van der Waals surface area contributed by atoms with Crippen molar-refractivity contribution in [1.29, 1.82) is 0 Å². The molecular formula is C25H32N2O8S2. The molecule has 37 heavy (non-hydrogen) atoms. The van der Waals surface area contributed by atoms with Gasteiger partial charge in [-0.1, -0.05) is 43.4 Å². The number of nitrogens with zero attached hydrogens (tertiary/aromatic N) is 2. The Balaban J connectivity index is 2.34. The van der Waals surface area contributed by atoms with E-state index >= 15 is 0 Å². The second-order valence-corrected chi connectivity index (χ2v) is 11.6. The number of hydrogen-bond donors (Lipinski definition) is 0. The molecule has 1 saturated heterocycles. The quantitative estimate of drug-likeness (QED) is 0.274. The van der Waals surface area contributed by atoms with Gasteiger partial charge in [0.2, 0.25) is 0 Å². The number of ether oxygens (including phenoxy) is 4. The molecule has 1 aliphatic carbocycles. The summed E-state index contributed by atoms with van der Waals surface area (Å²) in [7, 11) is 8.74. The molecule has 0 amide bonds. The van der Waals surface area contributed by atoms with E-state index in [-0.39, 0.29) is 20.8 Å². The van der Waals surface area contributed by atoms with Crippen molar-refractivity contribution in [3.8, 4) is 0 Å². The molecule has 1 spiro atoms. The third-order valence-corrected chi connectivity index (χ3v) is 8.72. The van der Waals surface area contributed by atoms with E-state index in [0.717, 1.165) is 28.3 Å². The zero-order valence-electron chi connectivity index (χ0n) is 22.3. The number of fused-ring (bicyclic) bond motifs is 1. The Hall–Kier alpha value is -2.54. The minimum Gasteiger partial charge on any atom is -0.466 e. The third-order valence-electron chi connectivity index (χ3n) is 6.51. The molecule has 0 bridgehead atoms. The number of rotatable bonds is 6. The van der Waals surface area contributed by atoms with E-state index in [1.165, 1.54) is 40.2 Å². The molecular weight excluding hydrogens is 520 g/mol. The molecule has 0 saturated carbocycles. The maximum Gasteiger partial charge on any atom is 0.345 e. The molecule has 0 N–H and O–H groups in total. The van der Waals surface area contributed by atoms with Gasteiger partial charge in [0.25, 0.3) is 0 Å². The Morgan fingerprint density at radius 1 is 0.946 bits per heavy atom. The zero-order valence-corrected chi connectivity index (χ0v) is 23.9. The Morgan fingerprint density at radius 3 is 2.05 bits per heavy atom. The van der Waals surface area contributed by atoms with Crippen molar-refractivity contribution in [2.24, 2.45) is 5.41 Å². The highest BCUT2D eigenvalue weighted by atomic mass is 32.2. The maximum absolute atomic E-state index is 13.4. The van der Waals surface area contributed by atoms with Crippen LogP contribution in [0.3, 0.4) is 0 Å². The van der Waals surface area contributed by atoms with Gasteiger partial charge >= 0.3 is 23.9 Å². The summed E-state index contributed by atoms with van der Waals surface area (Å²) < 4.78 is 20.0. The number of carbonyl (C=O) groups excluding carboxylic acids is 4. The number of esters is 4. The average molecular weight is 553 g/mol. The topological polar surface area (TPSA) is 112 Å². The number of methoxy groups -OCH3 is 4. The SMILES string of the molecule is COC(=O)/C=C(\SC1=CC(C)(C)CC2=C1C1(C(C(=O)OC)=C(C(=O)OC)S2)N(C)CCN1C)C(=O)OC. The Morgan fingerprint density at radius 2 is 1.54 bits per heavy atom. The number of likely N-dealkylation sites (N-methyl/N-ethyl adjacent to an activating group) is 2. The smallest absolute Gasteiger partial charge is 0.345 e. The van der Waals surface area contributed by atoms with Crippen LogP contribution in [-0.2, 0) is 38.1 Å². The molecule has 0 aromatic carbocycles. The Bertz CT molecular complexity index is 1140. The van der Waals surface area contributed by atoms with Crippen molar-refractivity contribution in [2.45, 2.75) is 25.9 Å². The van der Waals surface area contributed by atoms with E-state index in [2.05, 4.69) is 0 Å². The van der Waals surface area contributed by atoms with Gasteiger partial charge in [0.1, 0.15) is 15.5 Å². The van der Waals surface area contributed by atoms with Gasteiger partial charge in [-0.2, -0.15) is 0 Å². The van der Waals surface area contributed by atoms with Gasteiger partial charge in [-0.05, 0) is 30.8 Å². The summed E-state index contributed by atoms with van der Waals surface area (Å²) in [6.45, 7) is 5.25. The van der Waals surface area contributed by atoms with E-state index in [1.807, 2.05) is 43.8 Å². The highest BCUT2D eigenvalue weighted by Gasteiger charge is 2.59. The number of allylic oxidation sites excluding steroid dienone is 2. The summed E-state index contributed by atoms with van der Waals surface area (Å²) in [4.78, 5) is 56.8. The van der Waals surface area contributed by atoms with Crippen LogP contribution in [0.1, 0.15) is 20.3 Å². The highest BCUT2D eigenvalue weighted by Crippen LogP contribution is 2.59. The Labute approximate surface area is 225 Å². The summed E-state index contributed by atoms with van der Waals surface area (Å²) in [5.74, 6) is -2.70. The second kappa shape index (κ2) is 11.1. The lowest BCUT2D eigenvalue weighted by atomic mass is 9.77. The second-order valence-electron chi connectivity index (χ2n) is 9.40. The first-order chi connectivity index (χ1) is 17.4. The van der Waals surface area contributed by atoms with Crippen molar-refractivity contribution in [2.75, 3.05) is 55.6 Å². The molecule has 0 unspecified atom stereocenters. The van der Waals surface area contributed by atoms with Crippen LogP contribution in [0, 0.1) is 5.41 Å². The van der Waals surface area contributed by atoms with Crippen molar-refractivity contribution in [3.63, 3.8) is 0 Å². The minimum absolute atomic E-state index is 0.0240. The van der Waals surface area contributed by atoms with Gasteiger partial charge in [0.15, 0.2) is 0 Å². The molecule has 12 heteroatoms. The predicted molar refractivity (Wildman–Crippen MR) is 140 cm³/mol. The molecule has 0 aromatic heterocycles. The number of thioether (sulfide) groups is 2. The molecule has 1 fully saturated rings. The van der Waals surface area contributed by atoms with Gasteiger partial charge in [-0.15, -0.1) is 0 Å². The summed E-state index contributed by atoms with van der Waals surface area (Å²) in [5, 5.41) is 0. The molecule has 3 rings (SSSR count). The molecule has 2 heterocycles. The van der Waals surface area contributed by atoms with Crippen LogP contribution >= 0.6 is 23.5 Å². The predicted octanol–water partition coefficient (Wildman–Crippen LogP) is 2.44. The van der Waals surface area contributed by atoms with E-state index in [1.54, 1.807) is 0 Å². The summed E-state index contributed by atoms with van der Waals surface area (Å²) in [6.07, 6.45) is 3.68. The fourth-order valence-electron chi connectivity index (χ4n) is 4.88. The van der Waals surface area contributed by atoms with Gasteiger partial charge in [-0.25, -0.2) is 19.2 Å². The van der Waals surface area contributed by atoms with Crippen molar-refractivity contribution >= 4 is 47.4 Å². The third kappa shape index (κ3) is 5.12. The van der Waals surface area contributed by atoms with Crippen LogP contribution in [0.4, 0.5) is 0 Å². The van der Waals surface area contributed by atoms with Crippen LogP contribution in [-0.4, -0.2) is 95.0 Å². The molecule has 202 valence electrons. The molecule has 0 atom stereocenters. The normalized spacial score (nSPS) is 21.4. The molecule has 0 aromatic rings. The van der Waals surface area contributed by atoms with Crippen molar-refractivity contribution in [1.82, 2.24) is 9.80 Å². The van der Waals surface area contributed by atoms with Crippen molar-refractivity contribution < 1.29 is 38.1 Å². The lowest BCUT2D eigenvalue weighted by Crippen LogP contribution is -2.58. The lowest BCUT2D eigenvalue weighted by molar-refractivity contribution is -0.140. The zero-order chi connectivity index (χ0) is 27.7. The largest absolute Gasteiger partial charge is 0.466 e. The molecule has 3 aliphatic rings.